The Morgan fingerprint density at radius 2 is 1.93 bits per heavy atom. The fourth-order valence-corrected chi connectivity index (χ4v) is 3.68. The maximum absolute atomic E-state index is 12.5. The van der Waals surface area contributed by atoms with E-state index in [1.54, 1.807) is 12.4 Å². The first-order chi connectivity index (χ1) is 14.0. The first kappa shape index (κ1) is 20.8. The van der Waals surface area contributed by atoms with E-state index in [1.807, 2.05) is 32.9 Å². The number of hydrogen-bond donors (Lipinski definition) is 1. The Morgan fingerprint density at radius 1 is 1.17 bits per heavy atom. The molecular formula is C23H28N4O2. The molecule has 1 aromatic heterocycles. The molecule has 0 radical (unpaired) electrons. The minimum atomic E-state index is -0.115. The predicted molar refractivity (Wildman–Crippen MR) is 111 cm³/mol. The van der Waals surface area contributed by atoms with Gasteiger partial charge in [0.2, 0.25) is 0 Å². The summed E-state index contributed by atoms with van der Waals surface area (Å²) in [5, 5.41) is 12.3. The van der Waals surface area contributed by atoms with E-state index in [0.29, 0.717) is 11.1 Å². The monoisotopic (exact) mass is 392 g/mol. The quantitative estimate of drug-likeness (QED) is 0.776. The van der Waals surface area contributed by atoms with Gasteiger partial charge >= 0.3 is 0 Å². The van der Waals surface area contributed by atoms with E-state index in [2.05, 4.69) is 21.4 Å². The molecule has 0 spiro atoms. The number of carbonyl (C=O) groups is 1. The second kappa shape index (κ2) is 9.51. The van der Waals surface area contributed by atoms with Crippen molar-refractivity contribution in [1.82, 2.24) is 15.3 Å². The third kappa shape index (κ3) is 5.11. The molecule has 2 aromatic rings. The Bertz CT molecular complexity index is 902. The molecule has 1 N–H and O–H groups in total. The summed E-state index contributed by atoms with van der Waals surface area (Å²) in [5.74, 6) is 1.47. The Morgan fingerprint density at radius 3 is 2.62 bits per heavy atom. The van der Waals surface area contributed by atoms with Gasteiger partial charge in [-0.25, -0.2) is 9.97 Å². The van der Waals surface area contributed by atoms with Gasteiger partial charge in [0.15, 0.2) is 0 Å². The molecular weight excluding hydrogens is 364 g/mol. The van der Waals surface area contributed by atoms with Crippen LogP contribution in [0.1, 0.15) is 71.9 Å². The highest BCUT2D eigenvalue weighted by Crippen LogP contribution is 2.28. The standard InChI is InChI=1S/C23H28N4O2/c1-4-22-25-13-18(14-26-22)23(28)27-19-6-5-7-20(10-9-19)29-21-11-8-17(12-24)15(2)16(21)3/h8,11,13-14,19-20H,4-7,9-10H2,1-3H3,(H,27,28)/t19-,20-/m1/s1. The van der Waals surface area contributed by atoms with Gasteiger partial charge in [-0.15, -0.1) is 0 Å². The van der Waals surface area contributed by atoms with Crippen molar-refractivity contribution in [3.63, 3.8) is 0 Å². The zero-order valence-electron chi connectivity index (χ0n) is 17.4. The number of nitriles is 1. The third-order valence-electron chi connectivity index (χ3n) is 5.69. The molecule has 2 atom stereocenters. The van der Waals surface area contributed by atoms with Crippen molar-refractivity contribution >= 4 is 5.91 Å². The normalized spacial score (nSPS) is 19.1. The maximum atomic E-state index is 12.5. The summed E-state index contributed by atoms with van der Waals surface area (Å²) in [4.78, 5) is 20.9. The van der Waals surface area contributed by atoms with Crippen molar-refractivity contribution in [2.75, 3.05) is 0 Å². The molecule has 1 aliphatic carbocycles. The molecule has 1 fully saturated rings. The van der Waals surface area contributed by atoms with Gasteiger partial charge in [0.05, 0.1) is 23.3 Å². The Balaban J connectivity index is 1.57. The van der Waals surface area contributed by atoms with E-state index in [4.69, 9.17) is 10.00 Å². The number of amides is 1. The molecule has 0 aliphatic heterocycles. The van der Waals surface area contributed by atoms with Crippen LogP contribution in [0.15, 0.2) is 24.5 Å². The summed E-state index contributed by atoms with van der Waals surface area (Å²) in [7, 11) is 0. The van der Waals surface area contributed by atoms with E-state index < -0.39 is 0 Å². The van der Waals surface area contributed by atoms with Crippen LogP contribution in [-0.2, 0) is 6.42 Å². The molecule has 1 aliphatic rings. The van der Waals surface area contributed by atoms with Gasteiger partial charge in [0.25, 0.3) is 5.91 Å². The number of nitrogens with zero attached hydrogens (tertiary/aromatic N) is 3. The Labute approximate surface area is 172 Å². The van der Waals surface area contributed by atoms with Crippen LogP contribution in [0.3, 0.4) is 0 Å². The number of benzene rings is 1. The molecule has 3 rings (SSSR count). The summed E-state index contributed by atoms with van der Waals surface area (Å²) >= 11 is 0. The van der Waals surface area contributed by atoms with Crippen LogP contribution in [-0.4, -0.2) is 28.0 Å². The van der Waals surface area contributed by atoms with Crippen molar-refractivity contribution in [2.45, 2.75) is 71.4 Å². The number of aromatic nitrogens is 2. The lowest BCUT2D eigenvalue weighted by atomic mass is 10.0. The fraction of sp³-hybridized carbons (Fsp3) is 0.478. The number of rotatable bonds is 5. The number of hydrogen-bond acceptors (Lipinski definition) is 5. The van der Waals surface area contributed by atoms with Gasteiger partial charge in [0.1, 0.15) is 11.6 Å². The first-order valence-corrected chi connectivity index (χ1v) is 10.3. The second-order valence-corrected chi connectivity index (χ2v) is 7.63. The van der Waals surface area contributed by atoms with Crippen LogP contribution in [0.25, 0.3) is 0 Å². The van der Waals surface area contributed by atoms with Crippen molar-refractivity contribution < 1.29 is 9.53 Å². The number of ether oxygens (including phenoxy) is 1. The smallest absolute Gasteiger partial charge is 0.254 e. The Kier molecular flexibility index (Phi) is 6.82. The average Bonchev–Trinajstić information content (AvgIpc) is 2.96. The molecule has 6 heteroatoms. The molecule has 1 aromatic carbocycles. The van der Waals surface area contributed by atoms with Crippen LogP contribution in [0.2, 0.25) is 0 Å². The van der Waals surface area contributed by atoms with E-state index in [0.717, 1.165) is 61.2 Å². The maximum Gasteiger partial charge on any atom is 0.254 e. The summed E-state index contributed by atoms with van der Waals surface area (Å²) < 4.78 is 6.27. The van der Waals surface area contributed by atoms with Crippen LogP contribution in [0.5, 0.6) is 5.75 Å². The minimum Gasteiger partial charge on any atom is -0.490 e. The van der Waals surface area contributed by atoms with Crippen molar-refractivity contribution in [3.05, 3.63) is 52.6 Å². The second-order valence-electron chi connectivity index (χ2n) is 7.63. The van der Waals surface area contributed by atoms with Gasteiger partial charge in [-0.2, -0.15) is 5.26 Å². The highest BCUT2D eigenvalue weighted by Gasteiger charge is 2.23. The number of aryl methyl sites for hydroxylation is 1. The molecule has 6 nitrogen and oxygen atoms in total. The van der Waals surface area contributed by atoms with Crippen LogP contribution in [0.4, 0.5) is 0 Å². The molecule has 1 heterocycles. The summed E-state index contributed by atoms with van der Waals surface area (Å²) in [6, 6.07) is 6.06. The molecule has 1 amide bonds. The van der Waals surface area contributed by atoms with Gasteiger partial charge in [-0.1, -0.05) is 6.92 Å². The van der Waals surface area contributed by atoms with Gasteiger partial charge in [0, 0.05) is 24.9 Å². The minimum absolute atomic E-state index is 0.115. The van der Waals surface area contributed by atoms with Crippen molar-refractivity contribution in [3.8, 4) is 11.8 Å². The summed E-state index contributed by atoms with van der Waals surface area (Å²) in [6.45, 7) is 5.94. The van der Waals surface area contributed by atoms with Crippen molar-refractivity contribution in [1.29, 1.82) is 5.26 Å². The first-order valence-electron chi connectivity index (χ1n) is 10.3. The molecule has 0 saturated heterocycles. The number of carbonyl (C=O) groups excluding carboxylic acids is 1. The van der Waals surface area contributed by atoms with Crippen LogP contribution in [0, 0.1) is 25.2 Å². The topological polar surface area (TPSA) is 87.9 Å². The van der Waals surface area contributed by atoms with E-state index in [1.165, 1.54) is 0 Å². The van der Waals surface area contributed by atoms with E-state index >= 15 is 0 Å². The highest BCUT2D eigenvalue weighted by atomic mass is 16.5. The zero-order chi connectivity index (χ0) is 20.8. The lowest BCUT2D eigenvalue weighted by Gasteiger charge is -2.20. The van der Waals surface area contributed by atoms with Crippen LogP contribution >= 0.6 is 0 Å². The van der Waals surface area contributed by atoms with E-state index in [-0.39, 0.29) is 18.1 Å². The van der Waals surface area contributed by atoms with Crippen LogP contribution < -0.4 is 10.1 Å². The largest absolute Gasteiger partial charge is 0.490 e. The van der Waals surface area contributed by atoms with Gasteiger partial charge in [-0.05, 0) is 69.2 Å². The third-order valence-corrected chi connectivity index (χ3v) is 5.69. The SMILES string of the molecule is CCc1ncc(C(=O)N[C@@H]2CCC[C@@H](Oc3ccc(C#N)c(C)c3C)CC2)cn1. The average molecular weight is 393 g/mol. The molecule has 0 bridgehead atoms. The predicted octanol–water partition coefficient (Wildman–Crippen LogP) is 4.04. The molecule has 29 heavy (non-hydrogen) atoms. The van der Waals surface area contributed by atoms with E-state index in [9.17, 15) is 4.79 Å². The highest BCUT2D eigenvalue weighted by molar-refractivity contribution is 5.93. The molecule has 1 saturated carbocycles. The summed E-state index contributed by atoms with van der Waals surface area (Å²) in [5.41, 5.74) is 3.19. The summed E-state index contributed by atoms with van der Waals surface area (Å²) in [6.07, 6.45) is 8.71. The van der Waals surface area contributed by atoms with Gasteiger partial charge < -0.3 is 10.1 Å². The lowest BCUT2D eigenvalue weighted by molar-refractivity contribution is 0.0931. The van der Waals surface area contributed by atoms with Gasteiger partial charge in [-0.3, -0.25) is 4.79 Å². The fourth-order valence-electron chi connectivity index (χ4n) is 3.68. The number of nitrogens with one attached hydrogen (secondary N) is 1. The Hall–Kier alpha value is -2.94. The van der Waals surface area contributed by atoms with Crippen molar-refractivity contribution in [2.24, 2.45) is 0 Å². The lowest BCUT2D eigenvalue weighted by Crippen LogP contribution is -2.34. The molecule has 0 unspecified atom stereocenters. The zero-order valence-corrected chi connectivity index (χ0v) is 17.4. The molecule has 152 valence electrons.